The molecule has 0 aliphatic carbocycles. The summed E-state index contributed by atoms with van der Waals surface area (Å²) in [4.78, 5) is 6.52. The van der Waals surface area contributed by atoms with Crippen molar-refractivity contribution in [2.75, 3.05) is 33.9 Å². The molecule has 0 spiro atoms. The first-order valence-electron chi connectivity index (χ1n) is 9.44. The lowest BCUT2D eigenvalue weighted by molar-refractivity contribution is 0.133. The summed E-state index contributed by atoms with van der Waals surface area (Å²) in [5, 5.41) is 3.43. The minimum atomic E-state index is 0.786. The van der Waals surface area contributed by atoms with Crippen molar-refractivity contribution in [3.8, 4) is 0 Å². The molecule has 6 heteroatoms. The third-order valence-electron chi connectivity index (χ3n) is 4.42. The summed E-state index contributed by atoms with van der Waals surface area (Å²) < 4.78 is 8.96. The third kappa shape index (κ3) is 7.77. The first kappa shape index (κ1) is 21.5. The lowest BCUT2D eigenvalue weighted by Gasteiger charge is -2.22. The van der Waals surface area contributed by atoms with E-state index in [4.69, 9.17) is 4.74 Å². The van der Waals surface area contributed by atoms with Gasteiger partial charge in [-0.3, -0.25) is 4.99 Å². The predicted octanol–water partition coefficient (Wildman–Crippen LogP) is 3.83. The summed E-state index contributed by atoms with van der Waals surface area (Å²) in [7, 11) is 5.94. The van der Waals surface area contributed by atoms with Gasteiger partial charge in [0.15, 0.2) is 5.96 Å². The zero-order chi connectivity index (χ0) is 19.5. The number of ether oxygens (including phenoxy) is 1. The molecule has 1 aromatic carbocycles. The van der Waals surface area contributed by atoms with Crippen molar-refractivity contribution in [1.82, 2.24) is 14.8 Å². The van der Waals surface area contributed by atoms with Crippen molar-refractivity contribution < 1.29 is 4.74 Å². The largest absolute Gasteiger partial charge is 0.381 e. The maximum Gasteiger partial charge on any atom is 0.193 e. The van der Waals surface area contributed by atoms with E-state index in [9.17, 15) is 0 Å². The van der Waals surface area contributed by atoms with Crippen LogP contribution in [-0.4, -0.2) is 49.3 Å². The average Bonchev–Trinajstić information content (AvgIpc) is 2.98. The second-order valence-electron chi connectivity index (χ2n) is 6.65. The van der Waals surface area contributed by atoms with E-state index in [1.807, 2.05) is 13.1 Å². The van der Waals surface area contributed by atoms with E-state index in [1.54, 1.807) is 0 Å². The second-order valence-corrected chi connectivity index (χ2v) is 7.56. The van der Waals surface area contributed by atoms with Gasteiger partial charge in [0, 0.05) is 50.7 Å². The van der Waals surface area contributed by atoms with Gasteiger partial charge in [-0.1, -0.05) is 30.3 Å². The van der Waals surface area contributed by atoms with Crippen LogP contribution >= 0.6 is 15.9 Å². The Labute approximate surface area is 171 Å². The fourth-order valence-electron chi connectivity index (χ4n) is 2.89. The van der Waals surface area contributed by atoms with Gasteiger partial charge in [0.25, 0.3) is 0 Å². The number of aliphatic imine (C=N–C) groups is 1. The highest BCUT2D eigenvalue weighted by atomic mass is 79.9. The standard InChI is InChI=1S/C21H31BrN4O/c1-23-21(26(3)17-20-15-19(22)16-25(20)2)24-12-7-8-13-27-14-11-18-9-5-4-6-10-18/h4-6,9-10,15-16H,7-8,11-14,17H2,1-3H3,(H,23,24). The SMILES string of the molecule is CN=C(NCCCCOCCc1ccccc1)N(C)Cc1cc(Br)cn1C. The maximum absolute atomic E-state index is 5.74. The molecule has 2 aromatic rings. The van der Waals surface area contributed by atoms with Gasteiger partial charge >= 0.3 is 0 Å². The maximum atomic E-state index is 5.74. The topological polar surface area (TPSA) is 41.8 Å². The number of nitrogens with one attached hydrogen (secondary N) is 1. The van der Waals surface area contributed by atoms with Gasteiger partial charge < -0.3 is 19.5 Å². The molecular weight excluding hydrogens is 404 g/mol. The summed E-state index contributed by atoms with van der Waals surface area (Å²) in [5.41, 5.74) is 2.57. The minimum absolute atomic E-state index is 0.786. The summed E-state index contributed by atoms with van der Waals surface area (Å²) in [6, 6.07) is 12.6. The molecule has 1 heterocycles. The Hall–Kier alpha value is -1.79. The molecule has 148 valence electrons. The van der Waals surface area contributed by atoms with E-state index >= 15 is 0 Å². The molecule has 0 fully saturated rings. The van der Waals surface area contributed by atoms with E-state index in [2.05, 4.69) is 86.3 Å². The minimum Gasteiger partial charge on any atom is -0.381 e. The first-order valence-corrected chi connectivity index (χ1v) is 10.2. The molecule has 2 rings (SSSR count). The van der Waals surface area contributed by atoms with Gasteiger partial charge in [-0.25, -0.2) is 0 Å². The van der Waals surface area contributed by atoms with Crippen LogP contribution in [0.4, 0.5) is 0 Å². The number of benzene rings is 1. The van der Waals surface area contributed by atoms with E-state index < -0.39 is 0 Å². The molecule has 0 saturated carbocycles. The zero-order valence-corrected chi connectivity index (χ0v) is 18.2. The number of rotatable bonds is 10. The van der Waals surface area contributed by atoms with Crippen molar-refractivity contribution in [2.24, 2.45) is 12.0 Å². The second kappa shape index (κ2) is 11.8. The number of hydrogen-bond acceptors (Lipinski definition) is 2. The van der Waals surface area contributed by atoms with Gasteiger partial charge in [0.05, 0.1) is 13.2 Å². The van der Waals surface area contributed by atoms with Crippen LogP contribution in [-0.2, 0) is 24.8 Å². The predicted molar refractivity (Wildman–Crippen MR) is 116 cm³/mol. The number of nitrogens with zero attached hydrogens (tertiary/aromatic N) is 3. The molecule has 0 aliphatic rings. The smallest absolute Gasteiger partial charge is 0.193 e. The van der Waals surface area contributed by atoms with Gasteiger partial charge in [-0.2, -0.15) is 0 Å². The molecule has 1 N–H and O–H groups in total. The normalized spacial score (nSPS) is 11.6. The van der Waals surface area contributed by atoms with Crippen molar-refractivity contribution in [1.29, 1.82) is 0 Å². The third-order valence-corrected chi connectivity index (χ3v) is 4.86. The van der Waals surface area contributed by atoms with Crippen LogP contribution < -0.4 is 5.32 Å². The molecule has 27 heavy (non-hydrogen) atoms. The number of hydrogen-bond donors (Lipinski definition) is 1. The highest BCUT2D eigenvalue weighted by molar-refractivity contribution is 9.10. The number of aryl methyl sites for hydroxylation is 1. The van der Waals surface area contributed by atoms with Crippen LogP contribution in [0.15, 0.2) is 52.1 Å². The zero-order valence-electron chi connectivity index (χ0n) is 16.6. The van der Waals surface area contributed by atoms with Crippen LogP contribution in [0.3, 0.4) is 0 Å². The Kier molecular flexibility index (Phi) is 9.42. The van der Waals surface area contributed by atoms with Crippen molar-refractivity contribution in [2.45, 2.75) is 25.8 Å². The van der Waals surface area contributed by atoms with E-state index in [-0.39, 0.29) is 0 Å². The molecule has 5 nitrogen and oxygen atoms in total. The molecule has 0 amide bonds. The van der Waals surface area contributed by atoms with Crippen LogP contribution in [0, 0.1) is 0 Å². The van der Waals surface area contributed by atoms with Crippen LogP contribution in [0.2, 0.25) is 0 Å². The Morgan fingerprint density at radius 3 is 2.67 bits per heavy atom. The number of halogens is 1. The Morgan fingerprint density at radius 2 is 2.00 bits per heavy atom. The molecule has 0 saturated heterocycles. The lowest BCUT2D eigenvalue weighted by atomic mass is 10.2. The van der Waals surface area contributed by atoms with Gasteiger partial charge in [-0.05, 0) is 46.8 Å². The summed E-state index contributed by atoms with van der Waals surface area (Å²) in [5.74, 6) is 0.914. The Morgan fingerprint density at radius 1 is 1.22 bits per heavy atom. The van der Waals surface area contributed by atoms with Gasteiger partial charge in [0.1, 0.15) is 0 Å². The fraction of sp³-hybridized carbons (Fsp3) is 0.476. The van der Waals surface area contributed by atoms with Gasteiger partial charge in [0.2, 0.25) is 0 Å². The van der Waals surface area contributed by atoms with E-state index in [0.717, 1.165) is 56.0 Å². The molecule has 0 bridgehead atoms. The van der Waals surface area contributed by atoms with Gasteiger partial charge in [-0.15, -0.1) is 0 Å². The molecule has 1 aromatic heterocycles. The Balaban J connectivity index is 1.57. The monoisotopic (exact) mass is 434 g/mol. The van der Waals surface area contributed by atoms with Crippen molar-refractivity contribution in [3.63, 3.8) is 0 Å². The molecule has 0 aliphatic heterocycles. The summed E-state index contributed by atoms with van der Waals surface area (Å²) >= 11 is 3.52. The van der Waals surface area contributed by atoms with Crippen molar-refractivity contribution >= 4 is 21.9 Å². The molecular formula is C21H31BrN4O. The van der Waals surface area contributed by atoms with Crippen LogP contribution in [0.5, 0.6) is 0 Å². The fourth-order valence-corrected chi connectivity index (χ4v) is 3.46. The summed E-state index contributed by atoms with van der Waals surface area (Å²) in [6.45, 7) is 3.30. The summed E-state index contributed by atoms with van der Waals surface area (Å²) in [6.07, 6.45) is 5.16. The molecule has 0 unspecified atom stereocenters. The Bertz CT molecular complexity index is 699. The lowest BCUT2D eigenvalue weighted by Crippen LogP contribution is -2.39. The van der Waals surface area contributed by atoms with Crippen LogP contribution in [0.25, 0.3) is 0 Å². The molecule has 0 radical (unpaired) electrons. The number of unbranched alkanes of at least 4 members (excludes halogenated alkanes) is 1. The van der Waals surface area contributed by atoms with E-state index in [0.29, 0.717) is 0 Å². The quantitative estimate of drug-likeness (QED) is 0.350. The van der Waals surface area contributed by atoms with Crippen molar-refractivity contribution in [3.05, 3.63) is 58.3 Å². The number of aromatic nitrogens is 1. The highest BCUT2D eigenvalue weighted by Gasteiger charge is 2.09. The highest BCUT2D eigenvalue weighted by Crippen LogP contribution is 2.14. The van der Waals surface area contributed by atoms with E-state index in [1.165, 1.54) is 11.3 Å². The van der Waals surface area contributed by atoms with Crippen LogP contribution in [0.1, 0.15) is 24.1 Å². The number of guanidine groups is 1. The average molecular weight is 435 g/mol. The molecule has 0 atom stereocenters. The first-order chi connectivity index (χ1) is 13.1.